The third-order valence-electron chi connectivity index (χ3n) is 5.42. The molecular formula is C24H26ClN3O8. The topological polar surface area (TPSA) is 152 Å². The lowest BCUT2D eigenvalue weighted by molar-refractivity contribution is -0.134. The quantitative estimate of drug-likeness (QED) is 0.383. The fourth-order valence-electron chi connectivity index (χ4n) is 3.62. The first-order chi connectivity index (χ1) is 17.2. The average Bonchev–Trinajstić information content (AvgIpc) is 3.32. The van der Waals surface area contributed by atoms with Gasteiger partial charge in [0.2, 0.25) is 6.79 Å². The molecule has 0 unspecified atom stereocenters. The third kappa shape index (κ3) is 7.03. The molecule has 2 aliphatic rings. The summed E-state index contributed by atoms with van der Waals surface area (Å²) in [5.41, 5.74) is 7.80. The van der Waals surface area contributed by atoms with Crippen LogP contribution in [0.4, 0.5) is 5.69 Å². The van der Waals surface area contributed by atoms with Gasteiger partial charge in [-0.3, -0.25) is 9.69 Å². The van der Waals surface area contributed by atoms with Gasteiger partial charge in [-0.15, -0.1) is 0 Å². The first kappa shape index (κ1) is 26.6. The molecule has 2 heterocycles. The van der Waals surface area contributed by atoms with Crippen molar-refractivity contribution in [3.05, 3.63) is 58.6 Å². The van der Waals surface area contributed by atoms with E-state index in [2.05, 4.69) is 4.90 Å². The average molecular weight is 520 g/mol. The molecule has 2 aromatic carbocycles. The molecule has 1 amide bonds. The molecule has 4 rings (SSSR count). The molecule has 192 valence electrons. The summed E-state index contributed by atoms with van der Waals surface area (Å²) < 4.78 is 16.1. The Balaban J connectivity index is 0.000000392. The summed E-state index contributed by atoms with van der Waals surface area (Å²) in [4.78, 5) is 36.2. The molecule has 2 aromatic rings. The van der Waals surface area contributed by atoms with Crippen molar-refractivity contribution in [1.82, 2.24) is 9.80 Å². The highest BCUT2D eigenvalue weighted by Crippen LogP contribution is 2.33. The van der Waals surface area contributed by atoms with Crippen LogP contribution < -0.4 is 19.9 Å². The number of anilines is 1. The molecule has 0 aliphatic carbocycles. The van der Waals surface area contributed by atoms with Crippen LogP contribution in [0.25, 0.3) is 0 Å². The summed E-state index contributed by atoms with van der Waals surface area (Å²) >= 11 is 6.10. The highest BCUT2D eigenvalue weighted by Gasteiger charge is 2.25. The van der Waals surface area contributed by atoms with Crippen LogP contribution in [0.15, 0.2) is 42.5 Å². The largest absolute Gasteiger partial charge is 0.496 e. The van der Waals surface area contributed by atoms with Gasteiger partial charge in [0, 0.05) is 50.9 Å². The normalized spacial score (nSPS) is 14.8. The number of piperazine rings is 1. The van der Waals surface area contributed by atoms with Gasteiger partial charge in [0.15, 0.2) is 11.5 Å². The standard InChI is InChI=1S/C20H22ClN3O4.C4H4O4/c1-26-18-10-16(22)15(21)9-14(18)20(25)24-6-4-23(5-7-24)11-13-2-3-17-19(8-13)28-12-27-17;5-3(6)1-2-4(7)8/h2-3,8-10H,4-7,11-12,22H2,1H3;1-2H,(H,5,6)(H,7,8)/b;2-1-. The lowest BCUT2D eigenvalue weighted by Gasteiger charge is -2.35. The Bertz CT molecular complexity index is 1150. The number of ether oxygens (including phenoxy) is 3. The van der Waals surface area contributed by atoms with E-state index in [1.807, 2.05) is 23.1 Å². The molecule has 2 aliphatic heterocycles. The number of halogens is 1. The Labute approximate surface area is 212 Å². The minimum absolute atomic E-state index is 0.0959. The van der Waals surface area contributed by atoms with Crippen molar-refractivity contribution in [1.29, 1.82) is 0 Å². The van der Waals surface area contributed by atoms with E-state index in [4.69, 9.17) is 41.8 Å². The molecule has 0 spiro atoms. The van der Waals surface area contributed by atoms with Crippen molar-refractivity contribution in [3.8, 4) is 17.2 Å². The monoisotopic (exact) mass is 519 g/mol. The minimum Gasteiger partial charge on any atom is -0.496 e. The summed E-state index contributed by atoms with van der Waals surface area (Å²) in [5, 5.41) is 16.0. The third-order valence-corrected chi connectivity index (χ3v) is 5.75. The number of nitrogen functional groups attached to an aromatic ring is 1. The molecule has 0 aromatic heterocycles. The second-order valence-electron chi connectivity index (χ2n) is 7.84. The van der Waals surface area contributed by atoms with Crippen molar-refractivity contribution in [3.63, 3.8) is 0 Å². The zero-order valence-electron chi connectivity index (χ0n) is 19.5. The van der Waals surface area contributed by atoms with Gasteiger partial charge in [-0.2, -0.15) is 0 Å². The lowest BCUT2D eigenvalue weighted by atomic mass is 10.1. The van der Waals surface area contributed by atoms with Crippen LogP contribution in [-0.2, 0) is 16.1 Å². The van der Waals surface area contributed by atoms with Crippen LogP contribution >= 0.6 is 11.6 Å². The summed E-state index contributed by atoms with van der Waals surface area (Å²) in [5.74, 6) is -0.593. The van der Waals surface area contributed by atoms with Gasteiger partial charge in [0.1, 0.15) is 5.75 Å². The van der Waals surface area contributed by atoms with Gasteiger partial charge < -0.3 is 35.1 Å². The second kappa shape index (κ2) is 12.1. The maximum atomic E-state index is 12.9. The molecule has 1 saturated heterocycles. The SMILES string of the molecule is COc1cc(N)c(Cl)cc1C(=O)N1CCN(Cc2ccc3c(c2)OCO3)CC1.O=C(O)/C=C\C(=O)O. The van der Waals surface area contributed by atoms with Crippen LogP contribution in [0.2, 0.25) is 5.02 Å². The van der Waals surface area contributed by atoms with E-state index in [-0.39, 0.29) is 12.7 Å². The number of nitrogens with two attached hydrogens (primary N) is 1. The molecule has 12 heteroatoms. The predicted octanol–water partition coefficient (Wildman–Crippen LogP) is 2.33. The minimum atomic E-state index is -1.26. The Kier molecular flexibility index (Phi) is 8.98. The van der Waals surface area contributed by atoms with E-state index in [0.29, 0.717) is 47.3 Å². The van der Waals surface area contributed by atoms with E-state index in [1.54, 1.807) is 12.1 Å². The Morgan fingerprint density at radius 2 is 1.67 bits per heavy atom. The van der Waals surface area contributed by atoms with E-state index >= 15 is 0 Å². The molecule has 4 N–H and O–H groups in total. The second-order valence-corrected chi connectivity index (χ2v) is 8.25. The maximum absolute atomic E-state index is 12.9. The number of carbonyl (C=O) groups excluding carboxylic acids is 1. The Morgan fingerprint density at radius 3 is 2.28 bits per heavy atom. The van der Waals surface area contributed by atoms with E-state index < -0.39 is 11.9 Å². The zero-order chi connectivity index (χ0) is 26.2. The fraction of sp³-hybridized carbons (Fsp3) is 0.292. The fourth-order valence-corrected chi connectivity index (χ4v) is 3.79. The van der Waals surface area contributed by atoms with Crippen molar-refractivity contribution < 1.29 is 38.8 Å². The van der Waals surface area contributed by atoms with E-state index in [1.165, 1.54) is 7.11 Å². The molecular weight excluding hydrogens is 494 g/mol. The van der Waals surface area contributed by atoms with Gasteiger partial charge in [-0.1, -0.05) is 17.7 Å². The number of hydrogen-bond donors (Lipinski definition) is 3. The number of benzene rings is 2. The Hall–Kier alpha value is -3.96. The number of carbonyl (C=O) groups is 3. The van der Waals surface area contributed by atoms with E-state index in [9.17, 15) is 14.4 Å². The summed E-state index contributed by atoms with van der Waals surface area (Å²) in [6.45, 7) is 3.91. The van der Waals surface area contributed by atoms with Gasteiger partial charge >= 0.3 is 11.9 Å². The van der Waals surface area contributed by atoms with Gasteiger partial charge in [-0.05, 0) is 23.8 Å². The summed E-state index contributed by atoms with van der Waals surface area (Å²) in [6, 6.07) is 9.17. The number of fused-ring (bicyclic) bond motifs is 1. The van der Waals surface area contributed by atoms with Gasteiger partial charge in [-0.25, -0.2) is 9.59 Å². The Morgan fingerprint density at radius 1 is 1.03 bits per heavy atom. The van der Waals surface area contributed by atoms with Crippen LogP contribution in [0, 0.1) is 0 Å². The number of carboxylic acid groups (broad SMARTS) is 2. The van der Waals surface area contributed by atoms with Crippen molar-refractivity contribution in [2.75, 3.05) is 45.8 Å². The maximum Gasteiger partial charge on any atom is 0.328 e. The molecule has 1 fully saturated rings. The molecule has 0 bridgehead atoms. The lowest BCUT2D eigenvalue weighted by Crippen LogP contribution is -2.48. The molecule has 36 heavy (non-hydrogen) atoms. The van der Waals surface area contributed by atoms with Crippen LogP contribution in [-0.4, -0.2) is 77.9 Å². The van der Waals surface area contributed by atoms with Crippen molar-refractivity contribution in [2.45, 2.75) is 6.54 Å². The van der Waals surface area contributed by atoms with Crippen LogP contribution in [0.1, 0.15) is 15.9 Å². The number of aliphatic carboxylic acids is 2. The van der Waals surface area contributed by atoms with E-state index in [0.717, 1.165) is 36.7 Å². The van der Waals surface area contributed by atoms with Gasteiger partial charge in [0.25, 0.3) is 5.91 Å². The van der Waals surface area contributed by atoms with Crippen LogP contribution in [0.5, 0.6) is 17.2 Å². The number of hydrogen-bond acceptors (Lipinski definition) is 8. The number of nitrogens with zero attached hydrogens (tertiary/aromatic N) is 2. The number of rotatable bonds is 6. The van der Waals surface area contributed by atoms with Crippen molar-refractivity contribution in [2.24, 2.45) is 0 Å². The summed E-state index contributed by atoms with van der Waals surface area (Å²) in [7, 11) is 1.52. The first-order valence-electron chi connectivity index (χ1n) is 10.8. The van der Waals surface area contributed by atoms with Crippen LogP contribution in [0.3, 0.4) is 0 Å². The molecule has 0 radical (unpaired) electrons. The number of amides is 1. The number of carboxylic acids is 2. The highest BCUT2D eigenvalue weighted by molar-refractivity contribution is 6.33. The molecule has 0 saturated carbocycles. The predicted molar refractivity (Wildman–Crippen MR) is 131 cm³/mol. The smallest absolute Gasteiger partial charge is 0.328 e. The zero-order valence-corrected chi connectivity index (χ0v) is 20.2. The first-order valence-corrected chi connectivity index (χ1v) is 11.2. The summed E-state index contributed by atoms with van der Waals surface area (Å²) in [6.07, 6.45) is 1.12. The molecule has 11 nitrogen and oxygen atoms in total. The van der Waals surface area contributed by atoms with Gasteiger partial charge in [0.05, 0.1) is 23.4 Å². The van der Waals surface area contributed by atoms with Crippen molar-refractivity contribution >= 4 is 35.1 Å². The number of methoxy groups -OCH3 is 1. The highest BCUT2D eigenvalue weighted by atomic mass is 35.5. The molecule has 0 atom stereocenters.